The Morgan fingerprint density at radius 2 is 2.00 bits per heavy atom. The quantitative estimate of drug-likeness (QED) is 0.647. The van der Waals surface area contributed by atoms with Crippen molar-refractivity contribution >= 4 is 31.5 Å². The Labute approximate surface area is 111 Å². The minimum absolute atomic E-state index is 0.0809. The van der Waals surface area contributed by atoms with E-state index in [0.717, 1.165) is 29.3 Å². The molecular formula is C12H18BrNO2S. The van der Waals surface area contributed by atoms with Crippen molar-refractivity contribution in [2.24, 2.45) is 0 Å². The molecule has 0 spiro atoms. The van der Waals surface area contributed by atoms with Crippen LogP contribution in [0, 0.1) is 0 Å². The first-order chi connectivity index (χ1) is 7.94. The van der Waals surface area contributed by atoms with Crippen LogP contribution >= 0.6 is 15.9 Å². The number of rotatable bonds is 6. The summed E-state index contributed by atoms with van der Waals surface area (Å²) in [5, 5.41) is 0. The van der Waals surface area contributed by atoms with Gasteiger partial charge >= 0.3 is 0 Å². The lowest BCUT2D eigenvalue weighted by Gasteiger charge is -2.07. The van der Waals surface area contributed by atoms with Gasteiger partial charge in [-0.15, -0.1) is 0 Å². The van der Waals surface area contributed by atoms with E-state index in [-0.39, 0.29) is 11.5 Å². The zero-order valence-corrected chi connectivity index (χ0v) is 12.4. The van der Waals surface area contributed by atoms with Gasteiger partial charge in [0.1, 0.15) is 0 Å². The fourth-order valence-corrected chi connectivity index (χ4v) is 3.80. The number of unbranched alkanes of at least 4 members (excludes halogenated alkanes) is 2. The Bertz CT molecular complexity index is 471. The Morgan fingerprint density at radius 1 is 1.29 bits per heavy atom. The lowest BCUT2D eigenvalue weighted by molar-refractivity contribution is 0.590. The molecule has 0 amide bonds. The monoisotopic (exact) mass is 319 g/mol. The normalized spacial score (nSPS) is 11.6. The zero-order chi connectivity index (χ0) is 12.9. The minimum atomic E-state index is -3.01. The number of nitrogens with two attached hydrogens (primary N) is 1. The van der Waals surface area contributed by atoms with Crippen molar-refractivity contribution in [3.05, 3.63) is 28.2 Å². The summed E-state index contributed by atoms with van der Waals surface area (Å²) in [6, 6.07) is 5.22. The lowest BCUT2D eigenvalue weighted by Crippen LogP contribution is -2.09. The Morgan fingerprint density at radius 3 is 2.59 bits per heavy atom. The third kappa shape index (κ3) is 5.08. The van der Waals surface area contributed by atoms with Gasteiger partial charge in [-0.25, -0.2) is 8.42 Å². The fourth-order valence-electron chi connectivity index (χ4n) is 1.56. The van der Waals surface area contributed by atoms with Crippen LogP contribution in [0.4, 0.5) is 5.69 Å². The number of hydrogen-bond acceptors (Lipinski definition) is 3. The van der Waals surface area contributed by atoms with Crippen LogP contribution in [0.25, 0.3) is 0 Å². The first-order valence-electron chi connectivity index (χ1n) is 5.69. The van der Waals surface area contributed by atoms with E-state index in [2.05, 4.69) is 22.9 Å². The summed E-state index contributed by atoms with van der Waals surface area (Å²) in [5.74, 6) is 0.342. The molecule has 0 unspecified atom stereocenters. The second-order valence-corrected chi connectivity index (χ2v) is 7.19. The van der Waals surface area contributed by atoms with E-state index in [9.17, 15) is 8.42 Å². The summed E-state index contributed by atoms with van der Waals surface area (Å²) in [6.45, 7) is 2.06. The molecule has 0 bridgehead atoms. The van der Waals surface area contributed by atoms with Crippen molar-refractivity contribution in [2.45, 2.75) is 31.9 Å². The van der Waals surface area contributed by atoms with Gasteiger partial charge in [-0.05, 0) is 24.1 Å². The number of nitrogen functional groups attached to an aromatic ring is 1. The summed E-state index contributed by atoms with van der Waals surface area (Å²) in [7, 11) is -3.01. The molecule has 0 heterocycles. The van der Waals surface area contributed by atoms with Crippen LogP contribution in [-0.4, -0.2) is 14.2 Å². The molecule has 1 aromatic rings. The molecule has 1 aromatic carbocycles. The molecule has 0 aliphatic heterocycles. The first-order valence-corrected chi connectivity index (χ1v) is 8.30. The van der Waals surface area contributed by atoms with Crippen molar-refractivity contribution in [3.8, 4) is 0 Å². The highest BCUT2D eigenvalue weighted by Gasteiger charge is 2.13. The molecule has 0 fully saturated rings. The van der Waals surface area contributed by atoms with Crippen LogP contribution in [0.1, 0.15) is 31.7 Å². The molecule has 0 radical (unpaired) electrons. The van der Waals surface area contributed by atoms with E-state index < -0.39 is 9.84 Å². The van der Waals surface area contributed by atoms with Gasteiger partial charge in [0.15, 0.2) is 9.84 Å². The van der Waals surface area contributed by atoms with Gasteiger partial charge in [0, 0.05) is 10.2 Å². The summed E-state index contributed by atoms with van der Waals surface area (Å²) < 4.78 is 24.5. The van der Waals surface area contributed by atoms with Gasteiger partial charge in [0.25, 0.3) is 0 Å². The Balaban J connectivity index is 2.69. The predicted octanol–water partition coefficient (Wildman–Crippen LogP) is 3.14. The topological polar surface area (TPSA) is 60.2 Å². The molecule has 0 saturated carbocycles. The maximum atomic E-state index is 11.9. The molecule has 0 aliphatic rings. The van der Waals surface area contributed by atoms with Crippen LogP contribution in [0.5, 0.6) is 0 Å². The highest BCUT2D eigenvalue weighted by atomic mass is 79.9. The Hall–Kier alpha value is -0.550. The lowest BCUT2D eigenvalue weighted by atomic mass is 10.2. The molecule has 0 aliphatic carbocycles. The van der Waals surface area contributed by atoms with Gasteiger partial charge in [-0.3, -0.25) is 0 Å². The SMILES string of the molecule is CCCCCS(=O)(=O)Cc1ccc(N)cc1Br. The van der Waals surface area contributed by atoms with Crippen LogP contribution in [0.2, 0.25) is 0 Å². The number of hydrogen-bond donors (Lipinski definition) is 1. The van der Waals surface area contributed by atoms with E-state index in [1.807, 2.05) is 0 Å². The van der Waals surface area contributed by atoms with Crippen LogP contribution in [0.15, 0.2) is 22.7 Å². The molecule has 0 aromatic heterocycles. The van der Waals surface area contributed by atoms with E-state index >= 15 is 0 Å². The van der Waals surface area contributed by atoms with Crippen molar-refractivity contribution in [3.63, 3.8) is 0 Å². The molecule has 17 heavy (non-hydrogen) atoms. The van der Waals surface area contributed by atoms with Crippen molar-refractivity contribution in [1.29, 1.82) is 0 Å². The van der Waals surface area contributed by atoms with E-state index in [0.29, 0.717) is 5.69 Å². The summed E-state index contributed by atoms with van der Waals surface area (Å²) in [6.07, 6.45) is 2.73. The van der Waals surface area contributed by atoms with Gasteiger partial charge in [0.05, 0.1) is 11.5 Å². The summed E-state index contributed by atoms with van der Waals surface area (Å²) in [5.41, 5.74) is 7.01. The number of halogens is 1. The molecule has 1 rings (SSSR count). The molecule has 2 N–H and O–H groups in total. The average molecular weight is 320 g/mol. The van der Waals surface area contributed by atoms with Gasteiger partial charge in [-0.1, -0.05) is 41.8 Å². The Kier molecular flexibility index (Phi) is 5.46. The maximum Gasteiger partial charge on any atom is 0.154 e. The minimum Gasteiger partial charge on any atom is -0.399 e. The third-order valence-electron chi connectivity index (χ3n) is 2.51. The second-order valence-electron chi connectivity index (χ2n) is 4.15. The standard InChI is InChI=1S/C12H18BrNO2S/c1-2-3-4-7-17(15,16)9-10-5-6-11(14)8-12(10)13/h5-6,8H,2-4,7,9,14H2,1H3. The van der Waals surface area contributed by atoms with Crippen molar-refractivity contribution in [2.75, 3.05) is 11.5 Å². The molecule has 96 valence electrons. The largest absolute Gasteiger partial charge is 0.399 e. The molecule has 5 heteroatoms. The van der Waals surface area contributed by atoms with Gasteiger partial charge in [0.2, 0.25) is 0 Å². The molecule has 0 atom stereocenters. The molecule has 3 nitrogen and oxygen atoms in total. The van der Waals surface area contributed by atoms with Crippen LogP contribution < -0.4 is 5.73 Å². The summed E-state index contributed by atoms with van der Waals surface area (Å²) >= 11 is 3.34. The molecular weight excluding hydrogens is 302 g/mol. The number of anilines is 1. The average Bonchev–Trinajstić information content (AvgIpc) is 2.22. The third-order valence-corrected chi connectivity index (χ3v) is 4.91. The fraction of sp³-hybridized carbons (Fsp3) is 0.500. The van der Waals surface area contributed by atoms with Gasteiger partial charge < -0.3 is 5.73 Å². The van der Waals surface area contributed by atoms with Crippen LogP contribution in [-0.2, 0) is 15.6 Å². The highest BCUT2D eigenvalue weighted by Crippen LogP contribution is 2.22. The van der Waals surface area contributed by atoms with E-state index in [1.165, 1.54) is 0 Å². The van der Waals surface area contributed by atoms with Crippen molar-refractivity contribution < 1.29 is 8.42 Å². The number of benzene rings is 1. The van der Waals surface area contributed by atoms with Crippen LogP contribution in [0.3, 0.4) is 0 Å². The second kappa shape index (κ2) is 6.40. The highest BCUT2D eigenvalue weighted by molar-refractivity contribution is 9.10. The smallest absolute Gasteiger partial charge is 0.154 e. The maximum absolute atomic E-state index is 11.9. The van der Waals surface area contributed by atoms with E-state index in [4.69, 9.17) is 5.73 Å². The van der Waals surface area contributed by atoms with Gasteiger partial charge in [-0.2, -0.15) is 0 Å². The molecule has 0 saturated heterocycles. The summed E-state index contributed by atoms with van der Waals surface area (Å²) in [4.78, 5) is 0. The van der Waals surface area contributed by atoms with Crippen molar-refractivity contribution in [1.82, 2.24) is 0 Å². The zero-order valence-electron chi connectivity index (χ0n) is 9.95. The number of sulfone groups is 1. The van der Waals surface area contributed by atoms with E-state index in [1.54, 1.807) is 18.2 Å². The first kappa shape index (κ1) is 14.5. The predicted molar refractivity (Wildman–Crippen MR) is 75.6 cm³/mol.